The van der Waals surface area contributed by atoms with E-state index in [1.54, 1.807) is 36.4 Å². The Kier molecular flexibility index (Phi) is 6.70. The van der Waals surface area contributed by atoms with Crippen molar-refractivity contribution in [2.45, 2.75) is 42.5 Å². The number of nitrogens with zero attached hydrogens (tertiary/aromatic N) is 2. The molecule has 0 N–H and O–H groups in total. The lowest BCUT2D eigenvalue weighted by Gasteiger charge is -2.34. The molecule has 38 heavy (non-hydrogen) atoms. The molecule has 0 amide bonds. The van der Waals surface area contributed by atoms with Crippen molar-refractivity contribution >= 4 is 25.9 Å². The van der Waals surface area contributed by atoms with Crippen LogP contribution in [0.2, 0.25) is 0 Å². The van der Waals surface area contributed by atoms with Crippen LogP contribution in [-0.2, 0) is 30.8 Å². The Labute approximate surface area is 222 Å². The van der Waals surface area contributed by atoms with E-state index in [1.165, 1.54) is 30.7 Å². The highest BCUT2D eigenvalue weighted by atomic mass is 32.2. The Morgan fingerprint density at radius 3 is 2.05 bits per heavy atom. The fourth-order valence-electron chi connectivity index (χ4n) is 5.01. The minimum Gasteiger partial charge on any atom is -0.493 e. The van der Waals surface area contributed by atoms with Gasteiger partial charge in [-0.15, -0.1) is 0 Å². The zero-order valence-corrected chi connectivity index (χ0v) is 23.1. The van der Waals surface area contributed by atoms with Gasteiger partial charge in [0, 0.05) is 13.0 Å². The lowest BCUT2D eigenvalue weighted by Crippen LogP contribution is -2.39. The quantitative estimate of drug-likeness (QED) is 0.403. The summed E-state index contributed by atoms with van der Waals surface area (Å²) >= 11 is 0. The van der Waals surface area contributed by atoms with Gasteiger partial charge in [0.15, 0.2) is 11.5 Å². The lowest BCUT2D eigenvalue weighted by molar-refractivity contribution is 0.312. The summed E-state index contributed by atoms with van der Waals surface area (Å²) in [4.78, 5) is 0.158. The Morgan fingerprint density at radius 1 is 0.868 bits per heavy atom. The van der Waals surface area contributed by atoms with Gasteiger partial charge in [-0.2, -0.15) is 12.7 Å². The molecule has 0 bridgehead atoms. The fourth-order valence-corrected chi connectivity index (χ4v) is 7.35. The number of oxime groups is 1. The van der Waals surface area contributed by atoms with Crippen LogP contribution in [0.5, 0.6) is 11.5 Å². The fraction of sp³-hybridized carbons (Fsp3) is 0.296. The van der Waals surface area contributed by atoms with E-state index < -0.39 is 26.2 Å². The van der Waals surface area contributed by atoms with Gasteiger partial charge in [0.1, 0.15) is 4.90 Å². The molecular formula is C27H28N2O7S2. The average molecular weight is 557 g/mol. The molecule has 11 heteroatoms. The molecule has 1 atom stereocenters. The number of rotatable bonds is 7. The molecule has 5 rings (SSSR count). The van der Waals surface area contributed by atoms with Gasteiger partial charge in [-0.1, -0.05) is 40.5 Å². The molecule has 0 unspecified atom stereocenters. The highest BCUT2D eigenvalue weighted by Gasteiger charge is 2.45. The highest BCUT2D eigenvalue weighted by molar-refractivity contribution is 7.89. The molecule has 2 aliphatic rings. The summed E-state index contributed by atoms with van der Waals surface area (Å²) in [6.07, 6.45) is 0.556. The van der Waals surface area contributed by atoms with Crippen LogP contribution in [0, 0.1) is 13.8 Å². The Morgan fingerprint density at radius 2 is 1.47 bits per heavy atom. The number of aryl methyl sites for hydroxylation is 2. The van der Waals surface area contributed by atoms with Crippen molar-refractivity contribution in [2.24, 2.45) is 5.16 Å². The minimum atomic E-state index is -4.20. The van der Waals surface area contributed by atoms with E-state index in [-0.39, 0.29) is 28.5 Å². The summed E-state index contributed by atoms with van der Waals surface area (Å²) < 4.78 is 70.9. The van der Waals surface area contributed by atoms with Gasteiger partial charge >= 0.3 is 10.1 Å². The highest BCUT2D eigenvalue weighted by Crippen LogP contribution is 2.50. The third-order valence-electron chi connectivity index (χ3n) is 6.94. The standard InChI is InChI=1S/C27H28N2O7S2/c1-17-5-9-20(10-6-17)37(30,31)29-14-13-19-15-24(34-3)27(35-4)26-22(16-23(29)25(19)26)28-36-38(32,33)21-11-7-18(2)8-12-21/h5-12,15,23H,13-14,16H2,1-4H3/t23-/m0/s1. The Balaban J connectivity index is 1.60. The zero-order chi connectivity index (χ0) is 27.2. The predicted molar refractivity (Wildman–Crippen MR) is 142 cm³/mol. The first-order valence-corrected chi connectivity index (χ1v) is 14.9. The van der Waals surface area contributed by atoms with Crippen LogP contribution in [0.15, 0.2) is 69.5 Å². The summed E-state index contributed by atoms with van der Waals surface area (Å²) in [6.45, 7) is 3.99. The first-order chi connectivity index (χ1) is 18.1. The molecule has 3 aromatic rings. The van der Waals surface area contributed by atoms with Crippen LogP contribution in [0.25, 0.3) is 0 Å². The van der Waals surface area contributed by atoms with Crippen molar-refractivity contribution in [3.05, 3.63) is 82.4 Å². The monoisotopic (exact) mass is 556 g/mol. The average Bonchev–Trinajstić information content (AvgIpc) is 3.28. The van der Waals surface area contributed by atoms with Gasteiger partial charge in [-0.25, -0.2) is 8.42 Å². The number of hydrogen-bond donors (Lipinski definition) is 0. The molecule has 0 fully saturated rings. The van der Waals surface area contributed by atoms with Crippen LogP contribution < -0.4 is 9.47 Å². The van der Waals surface area contributed by atoms with Crippen molar-refractivity contribution in [1.82, 2.24) is 4.31 Å². The van der Waals surface area contributed by atoms with Gasteiger partial charge in [0.05, 0.1) is 36.4 Å². The molecule has 0 aromatic heterocycles. The predicted octanol–water partition coefficient (Wildman–Crippen LogP) is 4.12. The SMILES string of the molecule is COc1cc2c3c(c1OC)C(=NOS(=O)(=O)c1ccc(C)cc1)C[C@@H]3N(S(=O)(=O)c1ccc(C)cc1)CC2. The third kappa shape index (κ3) is 4.44. The number of hydrogen-bond acceptors (Lipinski definition) is 8. The van der Waals surface area contributed by atoms with E-state index in [9.17, 15) is 16.8 Å². The molecular weight excluding hydrogens is 528 g/mol. The molecule has 1 heterocycles. The van der Waals surface area contributed by atoms with Crippen molar-refractivity contribution in [3.8, 4) is 11.5 Å². The smallest absolute Gasteiger partial charge is 0.358 e. The molecule has 0 saturated carbocycles. The number of ether oxygens (including phenoxy) is 2. The number of benzene rings is 3. The van der Waals surface area contributed by atoms with Gasteiger partial charge in [0.25, 0.3) is 0 Å². The molecule has 0 radical (unpaired) electrons. The number of sulfonamides is 1. The topological polar surface area (TPSA) is 112 Å². The van der Waals surface area contributed by atoms with Gasteiger partial charge in [-0.05, 0) is 61.7 Å². The maximum atomic E-state index is 13.7. The summed E-state index contributed by atoms with van der Waals surface area (Å²) in [6, 6.07) is 14.2. The van der Waals surface area contributed by atoms with Crippen LogP contribution in [0.3, 0.4) is 0 Å². The van der Waals surface area contributed by atoms with Crippen LogP contribution >= 0.6 is 0 Å². The van der Waals surface area contributed by atoms with Crippen molar-refractivity contribution in [2.75, 3.05) is 20.8 Å². The molecule has 1 aliphatic heterocycles. The number of methoxy groups -OCH3 is 2. The summed E-state index contributed by atoms with van der Waals surface area (Å²) in [5.74, 6) is 0.796. The second kappa shape index (κ2) is 9.72. The first kappa shape index (κ1) is 26.2. The first-order valence-electron chi connectivity index (χ1n) is 12.0. The van der Waals surface area contributed by atoms with Gasteiger partial charge in [-0.3, -0.25) is 4.28 Å². The normalized spacial score (nSPS) is 18.3. The van der Waals surface area contributed by atoms with E-state index in [1.807, 2.05) is 19.9 Å². The maximum Gasteiger partial charge on any atom is 0.358 e. The van der Waals surface area contributed by atoms with E-state index in [0.717, 1.165) is 22.3 Å². The summed E-state index contributed by atoms with van der Waals surface area (Å²) in [5, 5.41) is 4.06. The van der Waals surface area contributed by atoms with Crippen molar-refractivity contribution in [1.29, 1.82) is 0 Å². The van der Waals surface area contributed by atoms with Crippen molar-refractivity contribution < 1.29 is 30.6 Å². The Bertz CT molecular complexity index is 1630. The summed E-state index contributed by atoms with van der Waals surface area (Å²) in [5.41, 5.74) is 4.23. The maximum absolute atomic E-state index is 13.7. The van der Waals surface area contributed by atoms with Crippen LogP contribution in [-0.4, -0.2) is 47.6 Å². The molecule has 0 saturated heterocycles. The minimum absolute atomic E-state index is 0.0339. The zero-order valence-electron chi connectivity index (χ0n) is 21.5. The summed E-state index contributed by atoms with van der Waals surface area (Å²) in [7, 11) is -5.07. The van der Waals surface area contributed by atoms with Crippen molar-refractivity contribution in [3.63, 3.8) is 0 Å². The third-order valence-corrected chi connectivity index (χ3v) is 9.98. The largest absolute Gasteiger partial charge is 0.493 e. The van der Waals surface area contributed by atoms with E-state index >= 15 is 0 Å². The molecule has 1 aliphatic carbocycles. The van der Waals surface area contributed by atoms with Gasteiger partial charge < -0.3 is 9.47 Å². The van der Waals surface area contributed by atoms with Crippen LogP contribution in [0.1, 0.15) is 40.3 Å². The molecule has 200 valence electrons. The molecule has 0 spiro atoms. The van der Waals surface area contributed by atoms with E-state index in [4.69, 9.17) is 13.8 Å². The second-order valence-corrected chi connectivity index (χ2v) is 12.8. The van der Waals surface area contributed by atoms with Gasteiger partial charge in [0.2, 0.25) is 10.0 Å². The van der Waals surface area contributed by atoms with Crippen LogP contribution in [0.4, 0.5) is 0 Å². The molecule has 3 aromatic carbocycles. The van der Waals surface area contributed by atoms with E-state index in [0.29, 0.717) is 23.5 Å². The lowest BCUT2D eigenvalue weighted by atomic mass is 9.94. The molecule has 9 nitrogen and oxygen atoms in total. The van der Waals surface area contributed by atoms with E-state index in [2.05, 4.69) is 5.16 Å². The Hall–Kier alpha value is -3.41. The second-order valence-electron chi connectivity index (χ2n) is 9.34.